The molecular weight excluding hydrogens is 176 g/mol. The van der Waals surface area contributed by atoms with Gasteiger partial charge in [0.2, 0.25) is 0 Å². The second-order valence-corrected chi connectivity index (χ2v) is 3.82. The van der Waals surface area contributed by atoms with Crippen molar-refractivity contribution in [3.8, 4) is 0 Å². The van der Waals surface area contributed by atoms with Gasteiger partial charge in [0.15, 0.2) is 0 Å². The van der Waals surface area contributed by atoms with E-state index in [1.807, 2.05) is 6.21 Å². The van der Waals surface area contributed by atoms with Crippen LogP contribution in [-0.4, -0.2) is 49.1 Å². The van der Waals surface area contributed by atoms with Crippen molar-refractivity contribution >= 4 is 6.21 Å². The average Bonchev–Trinajstić information content (AvgIpc) is 2.23. The summed E-state index contributed by atoms with van der Waals surface area (Å²) in [4.78, 5) is 4.35. The fourth-order valence-corrected chi connectivity index (χ4v) is 1.85. The Labute approximate surface area is 85.3 Å². The van der Waals surface area contributed by atoms with Crippen molar-refractivity contribution in [2.24, 2.45) is 4.99 Å². The second-order valence-electron chi connectivity index (χ2n) is 3.82. The monoisotopic (exact) mass is 194 g/mol. The molecule has 0 saturated carbocycles. The standard InChI is InChI=1S/C10H18N4/c1-9-7-12-8-14(10(9)2)13-5-3-11-4-6-13/h7,11H,3-6,8H2,1-2H3. The predicted molar refractivity (Wildman–Crippen MR) is 58.0 cm³/mol. The normalized spacial score (nSPS) is 24.6. The van der Waals surface area contributed by atoms with Gasteiger partial charge in [0.05, 0.1) is 0 Å². The highest BCUT2D eigenvalue weighted by molar-refractivity contribution is 5.79. The molecule has 0 aliphatic carbocycles. The lowest BCUT2D eigenvalue weighted by Gasteiger charge is -2.40. The first-order valence-electron chi connectivity index (χ1n) is 5.19. The van der Waals surface area contributed by atoms with Crippen molar-refractivity contribution in [3.63, 3.8) is 0 Å². The van der Waals surface area contributed by atoms with Crippen LogP contribution in [-0.2, 0) is 0 Å². The van der Waals surface area contributed by atoms with E-state index in [1.165, 1.54) is 11.3 Å². The Morgan fingerprint density at radius 1 is 1.29 bits per heavy atom. The highest BCUT2D eigenvalue weighted by atomic mass is 15.6. The lowest BCUT2D eigenvalue weighted by Crippen LogP contribution is -2.52. The van der Waals surface area contributed by atoms with Crippen LogP contribution >= 0.6 is 0 Å². The third-order valence-corrected chi connectivity index (χ3v) is 2.89. The third-order valence-electron chi connectivity index (χ3n) is 2.89. The number of rotatable bonds is 1. The maximum absolute atomic E-state index is 4.35. The van der Waals surface area contributed by atoms with Gasteiger partial charge < -0.3 is 5.32 Å². The molecule has 2 heterocycles. The first-order valence-corrected chi connectivity index (χ1v) is 5.19. The van der Waals surface area contributed by atoms with Gasteiger partial charge >= 0.3 is 0 Å². The summed E-state index contributed by atoms with van der Waals surface area (Å²) in [6, 6.07) is 0. The first kappa shape index (κ1) is 9.68. The van der Waals surface area contributed by atoms with Crippen molar-refractivity contribution in [2.45, 2.75) is 13.8 Å². The molecule has 14 heavy (non-hydrogen) atoms. The minimum absolute atomic E-state index is 0.781. The van der Waals surface area contributed by atoms with Crippen LogP contribution in [0, 0.1) is 0 Å². The number of aliphatic imine (C=N–C) groups is 1. The lowest BCUT2D eigenvalue weighted by atomic mass is 10.2. The molecule has 0 amide bonds. The molecule has 0 radical (unpaired) electrons. The van der Waals surface area contributed by atoms with E-state index in [0.717, 1.165) is 32.8 Å². The van der Waals surface area contributed by atoms with Crippen molar-refractivity contribution in [3.05, 3.63) is 11.3 Å². The van der Waals surface area contributed by atoms with Gasteiger partial charge in [0, 0.05) is 38.1 Å². The molecule has 0 aromatic rings. The van der Waals surface area contributed by atoms with Gasteiger partial charge in [0.1, 0.15) is 6.67 Å². The zero-order chi connectivity index (χ0) is 9.97. The van der Waals surface area contributed by atoms with E-state index in [1.54, 1.807) is 0 Å². The highest BCUT2D eigenvalue weighted by Crippen LogP contribution is 2.15. The van der Waals surface area contributed by atoms with Crippen LogP contribution in [0.3, 0.4) is 0 Å². The molecule has 0 bridgehead atoms. The van der Waals surface area contributed by atoms with Crippen molar-refractivity contribution in [2.75, 3.05) is 32.8 Å². The number of nitrogens with one attached hydrogen (secondary N) is 1. The van der Waals surface area contributed by atoms with Crippen molar-refractivity contribution in [1.82, 2.24) is 15.3 Å². The molecule has 0 unspecified atom stereocenters. The Morgan fingerprint density at radius 2 is 2.00 bits per heavy atom. The zero-order valence-corrected chi connectivity index (χ0v) is 8.95. The Balaban J connectivity index is 2.07. The quantitative estimate of drug-likeness (QED) is 0.657. The molecule has 1 N–H and O–H groups in total. The summed E-state index contributed by atoms with van der Waals surface area (Å²) in [5, 5.41) is 8.03. The van der Waals surface area contributed by atoms with E-state index in [4.69, 9.17) is 0 Å². The Kier molecular flexibility index (Phi) is 2.84. The lowest BCUT2D eigenvalue weighted by molar-refractivity contribution is -0.00129. The van der Waals surface area contributed by atoms with E-state index in [9.17, 15) is 0 Å². The van der Waals surface area contributed by atoms with Gasteiger partial charge in [-0.2, -0.15) is 0 Å². The summed E-state index contributed by atoms with van der Waals surface area (Å²) in [7, 11) is 0. The summed E-state index contributed by atoms with van der Waals surface area (Å²) in [5.74, 6) is 0. The molecule has 78 valence electrons. The molecule has 4 nitrogen and oxygen atoms in total. The van der Waals surface area contributed by atoms with E-state index >= 15 is 0 Å². The van der Waals surface area contributed by atoms with Crippen LogP contribution in [0.5, 0.6) is 0 Å². The maximum atomic E-state index is 4.35. The van der Waals surface area contributed by atoms with Gasteiger partial charge in [0.25, 0.3) is 0 Å². The van der Waals surface area contributed by atoms with E-state index in [0.29, 0.717) is 0 Å². The van der Waals surface area contributed by atoms with Crippen LogP contribution in [0.2, 0.25) is 0 Å². The van der Waals surface area contributed by atoms with Crippen LogP contribution in [0.15, 0.2) is 16.3 Å². The molecule has 2 aliphatic rings. The van der Waals surface area contributed by atoms with Gasteiger partial charge in [-0.3, -0.25) is 10.0 Å². The largest absolute Gasteiger partial charge is 0.314 e. The molecule has 2 rings (SSSR count). The van der Waals surface area contributed by atoms with E-state index in [-0.39, 0.29) is 0 Å². The summed E-state index contributed by atoms with van der Waals surface area (Å²) >= 11 is 0. The fraction of sp³-hybridized carbons (Fsp3) is 0.700. The number of hydrogen-bond donors (Lipinski definition) is 1. The van der Waals surface area contributed by atoms with Gasteiger partial charge in [-0.05, 0) is 19.4 Å². The summed E-state index contributed by atoms with van der Waals surface area (Å²) in [5.41, 5.74) is 2.61. The Bertz CT molecular complexity index is 263. The minimum Gasteiger partial charge on any atom is -0.314 e. The van der Waals surface area contributed by atoms with Gasteiger partial charge in [-0.1, -0.05) is 0 Å². The Hall–Kier alpha value is -0.870. The van der Waals surface area contributed by atoms with Gasteiger partial charge in [-0.15, -0.1) is 0 Å². The molecule has 1 saturated heterocycles. The predicted octanol–water partition coefficient (Wildman–Crippen LogP) is 0.444. The summed E-state index contributed by atoms with van der Waals surface area (Å²) < 4.78 is 0. The molecule has 0 atom stereocenters. The summed E-state index contributed by atoms with van der Waals surface area (Å²) in [6.07, 6.45) is 1.97. The molecule has 0 aromatic heterocycles. The van der Waals surface area contributed by atoms with E-state index < -0.39 is 0 Å². The maximum Gasteiger partial charge on any atom is 0.124 e. The van der Waals surface area contributed by atoms with Gasteiger partial charge in [-0.25, -0.2) is 5.01 Å². The molecule has 4 heteroatoms. The van der Waals surface area contributed by atoms with Crippen LogP contribution in [0.1, 0.15) is 13.8 Å². The fourth-order valence-electron chi connectivity index (χ4n) is 1.85. The minimum atomic E-state index is 0.781. The number of piperazine rings is 1. The zero-order valence-electron chi connectivity index (χ0n) is 8.95. The van der Waals surface area contributed by atoms with Crippen LogP contribution < -0.4 is 5.32 Å². The second kappa shape index (κ2) is 4.11. The third kappa shape index (κ3) is 1.81. The molecule has 0 aromatic carbocycles. The summed E-state index contributed by atoms with van der Waals surface area (Å²) in [6.45, 7) is 9.39. The van der Waals surface area contributed by atoms with E-state index in [2.05, 4.69) is 34.2 Å². The molecule has 1 fully saturated rings. The number of hydrogen-bond acceptors (Lipinski definition) is 4. The highest BCUT2D eigenvalue weighted by Gasteiger charge is 2.20. The average molecular weight is 194 g/mol. The molecule has 0 spiro atoms. The number of hydrazine groups is 1. The Morgan fingerprint density at radius 3 is 2.71 bits per heavy atom. The van der Waals surface area contributed by atoms with Crippen LogP contribution in [0.25, 0.3) is 0 Å². The van der Waals surface area contributed by atoms with Crippen LogP contribution in [0.4, 0.5) is 0 Å². The van der Waals surface area contributed by atoms with Crippen molar-refractivity contribution < 1.29 is 0 Å². The topological polar surface area (TPSA) is 30.9 Å². The van der Waals surface area contributed by atoms with Crippen molar-refractivity contribution in [1.29, 1.82) is 0 Å². The number of allylic oxidation sites excluding steroid dienone is 2. The molecule has 2 aliphatic heterocycles. The first-order chi connectivity index (χ1) is 6.79. The smallest absolute Gasteiger partial charge is 0.124 e. The number of nitrogens with zero attached hydrogens (tertiary/aromatic N) is 3. The SMILES string of the molecule is CC1=C(C)N(N2CCNCC2)CN=C1. The molecular formula is C10H18N4.